The van der Waals surface area contributed by atoms with E-state index in [0.717, 1.165) is 6.07 Å². The van der Waals surface area contributed by atoms with Crippen LogP contribution in [0.2, 0.25) is 0 Å². The van der Waals surface area contributed by atoms with Gasteiger partial charge in [0, 0.05) is 19.2 Å². The minimum Gasteiger partial charge on any atom is -0.396 e. The van der Waals surface area contributed by atoms with Gasteiger partial charge in [0.2, 0.25) is 5.91 Å². The molecule has 1 atom stereocenters. The number of rotatable bonds is 4. The van der Waals surface area contributed by atoms with E-state index in [4.69, 9.17) is 5.73 Å². The van der Waals surface area contributed by atoms with Gasteiger partial charge < -0.3 is 16.0 Å². The molecule has 0 bridgehead atoms. The van der Waals surface area contributed by atoms with E-state index in [9.17, 15) is 14.0 Å². The first-order valence-corrected chi connectivity index (χ1v) is 5.97. The summed E-state index contributed by atoms with van der Waals surface area (Å²) in [5, 5.41) is 2.55. The molecule has 0 aromatic heterocycles. The third-order valence-electron chi connectivity index (χ3n) is 2.83. The summed E-state index contributed by atoms with van der Waals surface area (Å²) in [5.41, 5.74) is 5.51. The van der Waals surface area contributed by atoms with Crippen LogP contribution < -0.4 is 11.1 Å². The predicted octanol–water partition coefficient (Wildman–Crippen LogP) is 1.00. The van der Waals surface area contributed by atoms with E-state index in [2.05, 4.69) is 5.32 Å². The van der Waals surface area contributed by atoms with Gasteiger partial charge in [0.15, 0.2) is 0 Å². The number of hydrogen-bond acceptors (Lipinski definition) is 3. The minimum atomic E-state index is -0.649. The van der Waals surface area contributed by atoms with E-state index < -0.39 is 17.8 Å². The lowest BCUT2D eigenvalue weighted by atomic mass is 10.1. The second kappa shape index (κ2) is 6.17. The van der Waals surface area contributed by atoms with Crippen LogP contribution in [0.4, 0.5) is 10.1 Å². The van der Waals surface area contributed by atoms with E-state index in [1.807, 2.05) is 6.92 Å². The summed E-state index contributed by atoms with van der Waals surface area (Å²) in [7, 11) is 1.65. The van der Waals surface area contributed by atoms with Gasteiger partial charge >= 0.3 is 0 Å². The van der Waals surface area contributed by atoms with Crippen molar-refractivity contribution in [1.82, 2.24) is 10.2 Å². The molecule has 0 aliphatic heterocycles. The van der Waals surface area contributed by atoms with E-state index in [1.165, 1.54) is 17.0 Å². The number of carbonyl (C=O) groups is 2. The average molecular weight is 267 g/mol. The highest BCUT2D eigenvalue weighted by Gasteiger charge is 2.19. The maximum absolute atomic E-state index is 13.0. The molecule has 2 amide bonds. The van der Waals surface area contributed by atoms with Crippen LogP contribution in [0.5, 0.6) is 0 Å². The fourth-order valence-corrected chi connectivity index (χ4v) is 1.51. The van der Waals surface area contributed by atoms with Crippen LogP contribution in [0.1, 0.15) is 24.2 Å². The second-order valence-corrected chi connectivity index (χ2v) is 4.28. The number of nitrogens with two attached hydrogens (primary N) is 1. The smallest absolute Gasteiger partial charge is 0.251 e. The van der Waals surface area contributed by atoms with Crippen molar-refractivity contribution in [2.75, 3.05) is 19.3 Å². The number of carbonyl (C=O) groups excluding carboxylic acids is 2. The Balaban J connectivity index is 2.74. The molecule has 0 aliphatic carbocycles. The second-order valence-electron chi connectivity index (χ2n) is 4.28. The van der Waals surface area contributed by atoms with E-state index in [0.29, 0.717) is 6.54 Å². The highest BCUT2D eigenvalue weighted by atomic mass is 19.1. The number of hydrogen-bond donors (Lipinski definition) is 2. The molecule has 0 saturated carbocycles. The number of anilines is 1. The summed E-state index contributed by atoms with van der Waals surface area (Å²) >= 11 is 0. The Morgan fingerprint density at radius 2 is 2.11 bits per heavy atom. The van der Waals surface area contributed by atoms with Gasteiger partial charge in [-0.1, -0.05) is 0 Å². The van der Waals surface area contributed by atoms with Crippen LogP contribution in [-0.2, 0) is 4.79 Å². The van der Waals surface area contributed by atoms with Crippen molar-refractivity contribution in [1.29, 1.82) is 0 Å². The van der Waals surface area contributed by atoms with Crippen molar-refractivity contribution < 1.29 is 14.0 Å². The molecule has 3 N–H and O–H groups in total. The molecule has 19 heavy (non-hydrogen) atoms. The minimum absolute atomic E-state index is 0.0997. The van der Waals surface area contributed by atoms with Gasteiger partial charge in [-0.25, -0.2) is 4.39 Å². The topological polar surface area (TPSA) is 75.4 Å². The van der Waals surface area contributed by atoms with Gasteiger partial charge in [0.1, 0.15) is 11.9 Å². The molecule has 6 heteroatoms. The van der Waals surface area contributed by atoms with Crippen molar-refractivity contribution >= 4 is 17.5 Å². The van der Waals surface area contributed by atoms with Gasteiger partial charge in [0.25, 0.3) is 5.91 Å². The molecule has 1 unspecified atom stereocenters. The third-order valence-corrected chi connectivity index (χ3v) is 2.83. The van der Waals surface area contributed by atoms with Gasteiger partial charge in [-0.15, -0.1) is 0 Å². The Hall–Kier alpha value is -2.11. The fraction of sp³-hybridized carbons (Fsp3) is 0.385. The molecule has 5 nitrogen and oxygen atoms in total. The quantitative estimate of drug-likeness (QED) is 0.799. The van der Waals surface area contributed by atoms with Crippen molar-refractivity contribution in [2.45, 2.75) is 19.9 Å². The predicted molar refractivity (Wildman–Crippen MR) is 71.1 cm³/mol. The van der Waals surface area contributed by atoms with Crippen LogP contribution >= 0.6 is 0 Å². The molecule has 0 radical (unpaired) electrons. The van der Waals surface area contributed by atoms with Crippen LogP contribution in [0.3, 0.4) is 0 Å². The van der Waals surface area contributed by atoms with Gasteiger partial charge in [0.05, 0.1) is 5.69 Å². The molecule has 0 aliphatic rings. The molecular formula is C13H18FN3O2. The Bertz CT molecular complexity index is 491. The largest absolute Gasteiger partial charge is 0.396 e. The number of nitrogen functional groups attached to an aromatic ring is 1. The number of nitrogens with one attached hydrogen (secondary N) is 1. The van der Waals surface area contributed by atoms with Crippen LogP contribution in [0.25, 0.3) is 0 Å². The Kier molecular flexibility index (Phi) is 4.86. The van der Waals surface area contributed by atoms with E-state index in [1.54, 1.807) is 14.0 Å². The normalized spacial score (nSPS) is 11.8. The molecule has 1 rings (SSSR count). The van der Waals surface area contributed by atoms with Crippen molar-refractivity contribution in [2.24, 2.45) is 0 Å². The number of amides is 2. The van der Waals surface area contributed by atoms with Gasteiger partial charge in [-0.2, -0.15) is 0 Å². The van der Waals surface area contributed by atoms with Crippen molar-refractivity contribution in [3.63, 3.8) is 0 Å². The Morgan fingerprint density at radius 3 is 2.63 bits per heavy atom. The summed E-state index contributed by atoms with van der Waals surface area (Å²) in [6, 6.07) is 3.03. The number of nitrogens with zero attached hydrogens (tertiary/aromatic N) is 1. The van der Waals surface area contributed by atoms with Crippen LogP contribution in [0.15, 0.2) is 18.2 Å². The molecule has 104 valence electrons. The summed E-state index contributed by atoms with van der Waals surface area (Å²) in [4.78, 5) is 25.2. The first kappa shape index (κ1) is 14.9. The molecule has 0 spiro atoms. The number of benzene rings is 1. The molecular weight excluding hydrogens is 249 g/mol. The zero-order valence-corrected chi connectivity index (χ0v) is 11.2. The van der Waals surface area contributed by atoms with E-state index in [-0.39, 0.29) is 17.2 Å². The maximum Gasteiger partial charge on any atom is 0.251 e. The number of likely N-dealkylation sites (N-methyl/N-ethyl adjacent to an activating group) is 1. The first-order valence-electron chi connectivity index (χ1n) is 5.97. The lowest BCUT2D eigenvalue weighted by Crippen LogP contribution is -2.45. The van der Waals surface area contributed by atoms with Crippen molar-refractivity contribution in [3.8, 4) is 0 Å². The monoisotopic (exact) mass is 267 g/mol. The van der Waals surface area contributed by atoms with Crippen molar-refractivity contribution in [3.05, 3.63) is 29.6 Å². The van der Waals surface area contributed by atoms with Gasteiger partial charge in [-0.3, -0.25) is 9.59 Å². The molecule has 0 fully saturated rings. The zero-order chi connectivity index (χ0) is 14.6. The van der Waals surface area contributed by atoms with Crippen LogP contribution in [0, 0.1) is 5.82 Å². The summed E-state index contributed by atoms with van der Waals surface area (Å²) < 4.78 is 13.0. The molecule has 1 aromatic rings. The average Bonchev–Trinajstić information content (AvgIpc) is 2.39. The zero-order valence-electron chi connectivity index (χ0n) is 11.2. The molecule has 1 aromatic carbocycles. The standard InChI is InChI=1S/C13H18FN3O2/c1-4-17(3)13(19)8(2)16-12(18)9-5-6-10(14)11(15)7-9/h5-8H,4,15H2,1-3H3,(H,16,18). The highest BCUT2D eigenvalue weighted by Crippen LogP contribution is 2.12. The summed E-state index contributed by atoms with van der Waals surface area (Å²) in [5.74, 6) is -1.23. The lowest BCUT2D eigenvalue weighted by molar-refractivity contribution is -0.131. The van der Waals surface area contributed by atoms with Crippen LogP contribution in [-0.4, -0.2) is 36.3 Å². The molecule has 0 heterocycles. The number of halogens is 1. The van der Waals surface area contributed by atoms with Gasteiger partial charge in [-0.05, 0) is 32.0 Å². The summed E-state index contributed by atoms with van der Waals surface area (Å²) in [6.07, 6.45) is 0. The first-order chi connectivity index (χ1) is 8.86. The SMILES string of the molecule is CCN(C)C(=O)C(C)NC(=O)c1ccc(F)c(N)c1. The molecule has 0 saturated heterocycles. The third kappa shape index (κ3) is 3.67. The maximum atomic E-state index is 13.0. The Morgan fingerprint density at radius 1 is 1.47 bits per heavy atom. The summed E-state index contributed by atoms with van der Waals surface area (Å²) in [6.45, 7) is 3.99. The Labute approximate surface area is 111 Å². The fourth-order valence-electron chi connectivity index (χ4n) is 1.51. The highest BCUT2D eigenvalue weighted by molar-refractivity contribution is 5.98. The lowest BCUT2D eigenvalue weighted by Gasteiger charge is -2.20. The van der Waals surface area contributed by atoms with E-state index >= 15 is 0 Å².